The molecule has 3 aromatic carbocycles. The lowest BCUT2D eigenvalue weighted by molar-refractivity contribution is 0.324. The van der Waals surface area contributed by atoms with Gasteiger partial charge in [0.05, 0.1) is 21.3 Å². The molecule has 0 aliphatic heterocycles. The van der Waals surface area contributed by atoms with Gasteiger partial charge in [0.15, 0.2) is 11.5 Å². The van der Waals surface area contributed by atoms with E-state index in [4.69, 9.17) is 14.2 Å². The second kappa shape index (κ2) is 5.98. The summed E-state index contributed by atoms with van der Waals surface area (Å²) in [6.45, 7) is 0. The minimum atomic E-state index is 0.606. The molecule has 112 valence electrons. The molecule has 0 fully saturated rings. The average molecular weight is 294 g/mol. The number of methoxy groups -OCH3 is 3. The highest BCUT2D eigenvalue weighted by Gasteiger charge is 2.15. The topological polar surface area (TPSA) is 27.7 Å². The van der Waals surface area contributed by atoms with Gasteiger partial charge in [0.1, 0.15) is 0 Å². The highest BCUT2D eigenvalue weighted by Crippen LogP contribution is 2.42. The standard InChI is InChI=1S/C19H18O3/c1-20-17-11-14(12-18(21-2)19(17)22-3)16-10-6-8-13-7-4-5-9-15(13)16/h4-12H,1-3H3. The lowest BCUT2D eigenvalue weighted by Crippen LogP contribution is -1.95. The molecule has 0 radical (unpaired) electrons. The summed E-state index contributed by atoms with van der Waals surface area (Å²) >= 11 is 0. The van der Waals surface area contributed by atoms with E-state index >= 15 is 0 Å². The molecule has 0 saturated carbocycles. The summed E-state index contributed by atoms with van der Waals surface area (Å²) in [6, 6.07) is 18.5. The maximum atomic E-state index is 5.45. The van der Waals surface area contributed by atoms with E-state index in [0.717, 1.165) is 11.1 Å². The van der Waals surface area contributed by atoms with Crippen molar-refractivity contribution in [2.24, 2.45) is 0 Å². The van der Waals surface area contributed by atoms with E-state index in [9.17, 15) is 0 Å². The predicted molar refractivity (Wildman–Crippen MR) is 89.0 cm³/mol. The molecule has 3 aromatic rings. The molecule has 3 rings (SSSR count). The van der Waals surface area contributed by atoms with Crippen LogP contribution in [0.2, 0.25) is 0 Å². The smallest absolute Gasteiger partial charge is 0.203 e. The first-order valence-corrected chi connectivity index (χ1v) is 7.06. The van der Waals surface area contributed by atoms with Gasteiger partial charge in [-0.15, -0.1) is 0 Å². The summed E-state index contributed by atoms with van der Waals surface area (Å²) < 4.78 is 16.3. The van der Waals surface area contributed by atoms with Crippen LogP contribution in [0.4, 0.5) is 0 Å². The zero-order valence-corrected chi connectivity index (χ0v) is 12.9. The van der Waals surface area contributed by atoms with Crippen molar-refractivity contribution < 1.29 is 14.2 Å². The van der Waals surface area contributed by atoms with Crippen molar-refractivity contribution in [3.63, 3.8) is 0 Å². The first-order chi connectivity index (χ1) is 10.8. The Morgan fingerprint density at radius 1 is 0.682 bits per heavy atom. The second-order valence-corrected chi connectivity index (χ2v) is 4.94. The Hall–Kier alpha value is -2.68. The van der Waals surface area contributed by atoms with Gasteiger partial charge in [0, 0.05) is 0 Å². The first kappa shape index (κ1) is 14.3. The van der Waals surface area contributed by atoms with Gasteiger partial charge in [-0.1, -0.05) is 42.5 Å². The van der Waals surface area contributed by atoms with E-state index in [1.165, 1.54) is 10.8 Å². The van der Waals surface area contributed by atoms with Crippen molar-refractivity contribution >= 4 is 10.8 Å². The van der Waals surface area contributed by atoms with E-state index in [2.05, 4.69) is 30.3 Å². The van der Waals surface area contributed by atoms with Crippen LogP contribution in [0.25, 0.3) is 21.9 Å². The minimum absolute atomic E-state index is 0.606. The summed E-state index contributed by atoms with van der Waals surface area (Å²) in [5, 5.41) is 2.40. The fraction of sp³-hybridized carbons (Fsp3) is 0.158. The minimum Gasteiger partial charge on any atom is -0.493 e. The third-order valence-corrected chi connectivity index (χ3v) is 3.77. The molecule has 0 unspecified atom stereocenters. The molecule has 0 amide bonds. The molecule has 0 aromatic heterocycles. The summed E-state index contributed by atoms with van der Waals surface area (Å²) in [4.78, 5) is 0. The van der Waals surface area contributed by atoms with E-state index < -0.39 is 0 Å². The van der Waals surface area contributed by atoms with Gasteiger partial charge >= 0.3 is 0 Å². The Bertz CT molecular complexity index is 778. The van der Waals surface area contributed by atoms with Crippen molar-refractivity contribution in [2.45, 2.75) is 0 Å². The molecule has 0 atom stereocenters. The van der Waals surface area contributed by atoms with Gasteiger partial charge in [-0.05, 0) is 34.0 Å². The van der Waals surface area contributed by atoms with Crippen LogP contribution in [0.15, 0.2) is 54.6 Å². The van der Waals surface area contributed by atoms with Crippen molar-refractivity contribution in [2.75, 3.05) is 21.3 Å². The number of rotatable bonds is 4. The van der Waals surface area contributed by atoms with Crippen LogP contribution in [0.1, 0.15) is 0 Å². The first-order valence-electron chi connectivity index (χ1n) is 7.06. The summed E-state index contributed by atoms with van der Waals surface area (Å²) in [6.07, 6.45) is 0. The molecule has 0 heterocycles. The summed E-state index contributed by atoms with van der Waals surface area (Å²) in [5.41, 5.74) is 2.17. The second-order valence-electron chi connectivity index (χ2n) is 4.94. The number of benzene rings is 3. The molecule has 0 N–H and O–H groups in total. The normalized spacial score (nSPS) is 10.5. The maximum absolute atomic E-state index is 5.45. The van der Waals surface area contributed by atoms with Gasteiger partial charge in [-0.2, -0.15) is 0 Å². The molecule has 22 heavy (non-hydrogen) atoms. The van der Waals surface area contributed by atoms with Crippen LogP contribution in [0.3, 0.4) is 0 Å². The van der Waals surface area contributed by atoms with Crippen molar-refractivity contribution in [3.8, 4) is 28.4 Å². The van der Waals surface area contributed by atoms with E-state index in [1.807, 2.05) is 24.3 Å². The third kappa shape index (κ3) is 2.35. The van der Waals surface area contributed by atoms with E-state index in [1.54, 1.807) is 21.3 Å². The van der Waals surface area contributed by atoms with Crippen LogP contribution in [-0.2, 0) is 0 Å². The quantitative estimate of drug-likeness (QED) is 0.707. The zero-order chi connectivity index (χ0) is 15.5. The molecule has 0 aliphatic rings. The van der Waals surface area contributed by atoms with Crippen molar-refractivity contribution in [1.82, 2.24) is 0 Å². The van der Waals surface area contributed by atoms with Crippen LogP contribution in [0.5, 0.6) is 17.2 Å². The average Bonchev–Trinajstić information content (AvgIpc) is 2.59. The monoisotopic (exact) mass is 294 g/mol. The largest absolute Gasteiger partial charge is 0.493 e. The van der Waals surface area contributed by atoms with Gasteiger partial charge in [0.25, 0.3) is 0 Å². The van der Waals surface area contributed by atoms with Crippen LogP contribution in [0, 0.1) is 0 Å². The number of fused-ring (bicyclic) bond motifs is 1. The number of ether oxygens (including phenoxy) is 3. The van der Waals surface area contributed by atoms with Gasteiger partial charge in [-0.3, -0.25) is 0 Å². The van der Waals surface area contributed by atoms with E-state index in [-0.39, 0.29) is 0 Å². The summed E-state index contributed by atoms with van der Waals surface area (Å²) in [7, 11) is 4.87. The van der Waals surface area contributed by atoms with Crippen LogP contribution < -0.4 is 14.2 Å². The van der Waals surface area contributed by atoms with E-state index in [0.29, 0.717) is 17.2 Å². The maximum Gasteiger partial charge on any atom is 0.203 e. The molecular weight excluding hydrogens is 276 g/mol. The van der Waals surface area contributed by atoms with Gasteiger partial charge in [-0.25, -0.2) is 0 Å². The molecule has 0 bridgehead atoms. The molecule has 3 nitrogen and oxygen atoms in total. The van der Waals surface area contributed by atoms with Crippen LogP contribution in [-0.4, -0.2) is 21.3 Å². The zero-order valence-electron chi connectivity index (χ0n) is 12.9. The Labute approximate surface area is 130 Å². The van der Waals surface area contributed by atoms with Crippen LogP contribution >= 0.6 is 0 Å². The predicted octanol–water partition coefficient (Wildman–Crippen LogP) is 4.53. The Kier molecular flexibility index (Phi) is 3.88. The molecule has 0 saturated heterocycles. The highest BCUT2D eigenvalue weighted by molar-refractivity contribution is 5.97. The SMILES string of the molecule is COc1cc(-c2cccc3ccccc23)cc(OC)c1OC. The molecule has 0 spiro atoms. The number of hydrogen-bond acceptors (Lipinski definition) is 3. The van der Waals surface area contributed by atoms with Crippen molar-refractivity contribution in [3.05, 3.63) is 54.6 Å². The summed E-state index contributed by atoms with van der Waals surface area (Å²) in [5.74, 6) is 1.92. The van der Waals surface area contributed by atoms with Crippen molar-refractivity contribution in [1.29, 1.82) is 0 Å². The molecule has 3 heteroatoms. The molecule has 0 aliphatic carbocycles. The Balaban J connectivity index is 2.27. The third-order valence-electron chi connectivity index (χ3n) is 3.77. The Morgan fingerprint density at radius 3 is 1.95 bits per heavy atom. The lowest BCUT2D eigenvalue weighted by Gasteiger charge is -2.15. The van der Waals surface area contributed by atoms with Gasteiger partial charge < -0.3 is 14.2 Å². The Morgan fingerprint density at radius 2 is 1.32 bits per heavy atom. The van der Waals surface area contributed by atoms with Gasteiger partial charge in [0.2, 0.25) is 5.75 Å². The molecular formula is C19H18O3. The fourth-order valence-electron chi connectivity index (χ4n) is 2.71. The lowest BCUT2D eigenvalue weighted by atomic mass is 9.97. The fourth-order valence-corrected chi connectivity index (χ4v) is 2.71. The highest BCUT2D eigenvalue weighted by atomic mass is 16.5. The number of hydrogen-bond donors (Lipinski definition) is 0.